The highest BCUT2D eigenvalue weighted by molar-refractivity contribution is 4.75. The first-order valence-corrected chi connectivity index (χ1v) is 5.78. The van der Waals surface area contributed by atoms with E-state index in [1.807, 2.05) is 6.92 Å². The summed E-state index contributed by atoms with van der Waals surface area (Å²) in [6, 6.07) is 0. The summed E-state index contributed by atoms with van der Waals surface area (Å²) in [6.07, 6.45) is 1.25. The van der Waals surface area contributed by atoms with Gasteiger partial charge < -0.3 is 20.4 Å². The molecular weight excluding hydrogens is 196 g/mol. The fraction of sp³-hybridized carbons (Fsp3) is 1.00. The van der Waals surface area contributed by atoms with Crippen LogP contribution in [-0.2, 0) is 0 Å². The molecule has 0 aromatic carbocycles. The fourth-order valence-electron chi connectivity index (χ4n) is 1.48. The van der Waals surface area contributed by atoms with Gasteiger partial charge in [-0.1, -0.05) is 19.8 Å². The molecule has 3 atom stereocenters. The molecule has 0 aliphatic rings. The molecule has 15 heavy (non-hydrogen) atoms. The molecule has 0 radical (unpaired) electrons. The summed E-state index contributed by atoms with van der Waals surface area (Å²) in [7, 11) is 0. The SMILES string of the molecule is CCCCC(O)C(O)C(O)CCCCO. The van der Waals surface area contributed by atoms with Gasteiger partial charge in [-0.15, -0.1) is 0 Å². The number of aliphatic hydroxyl groups excluding tert-OH is 4. The summed E-state index contributed by atoms with van der Waals surface area (Å²) in [5.41, 5.74) is 0. The van der Waals surface area contributed by atoms with E-state index in [0.717, 1.165) is 12.8 Å². The lowest BCUT2D eigenvalue weighted by molar-refractivity contribution is -0.0653. The first kappa shape index (κ1) is 14.8. The lowest BCUT2D eigenvalue weighted by Gasteiger charge is -2.22. The molecule has 92 valence electrons. The zero-order chi connectivity index (χ0) is 11.7. The summed E-state index contributed by atoms with van der Waals surface area (Å²) < 4.78 is 0. The number of rotatable bonds is 9. The summed E-state index contributed by atoms with van der Waals surface area (Å²) in [5, 5.41) is 37.1. The van der Waals surface area contributed by atoms with E-state index in [4.69, 9.17) is 5.11 Å². The Bertz CT molecular complexity index is 141. The van der Waals surface area contributed by atoms with Crippen molar-refractivity contribution in [3.8, 4) is 0 Å². The van der Waals surface area contributed by atoms with E-state index in [2.05, 4.69) is 0 Å². The average molecular weight is 220 g/mol. The quantitative estimate of drug-likeness (QED) is 0.425. The van der Waals surface area contributed by atoms with E-state index < -0.39 is 18.3 Å². The van der Waals surface area contributed by atoms with Gasteiger partial charge in [0.15, 0.2) is 0 Å². The third kappa shape index (κ3) is 6.84. The van der Waals surface area contributed by atoms with Crippen molar-refractivity contribution in [3.05, 3.63) is 0 Å². The molecule has 0 aliphatic carbocycles. The largest absolute Gasteiger partial charge is 0.396 e. The van der Waals surface area contributed by atoms with Crippen molar-refractivity contribution in [2.75, 3.05) is 6.61 Å². The van der Waals surface area contributed by atoms with Crippen LogP contribution in [0, 0.1) is 0 Å². The molecule has 0 heterocycles. The van der Waals surface area contributed by atoms with Gasteiger partial charge >= 0.3 is 0 Å². The molecule has 0 saturated carbocycles. The van der Waals surface area contributed by atoms with E-state index in [9.17, 15) is 15.3 Å². The van der Waals surface area contributed by atoms with Crippen LogP contribution in [0.25, 0.3) is 0 Å². The van der Waals surface area contributed by atoms with Gasteiger partial charge in [-0.05, 0) is 25.7 Å². The molecule has 0 fully saturated rings. The molecule has 0 aromatic heterocycles. The third-order valence-electron chi connectivity index (χ3n) is 2.55. The summed E-state index contributed by atoms with van der Waals surface area (Å²) in [5.74, 6) is 0. The highest BCUT2D eigenvalue weighted by Gasteiger charge is 2.23. The van der Waals surface area contributed by atoms with Gasteiger partial charge in [-0.2, -0.15) is 0 Å². The number of hydrogen-bond acceptors (Lipinski definition) is 4. The van der Waals surface area contributed by atoms with Crippen molar-refractivity contribution in [3.63, 3.8) is 0 Å². The van der Waals surface area contributed by atoms with Crippen LogP contribution < -0.4 is 0 Å². The van der Waals surface area contributed by atoms with Crippen molar-refractivity contribution in [2.24, 2.45) is 0 Å². The zero-order valence-corrected chi connectivity index (χ0v) is 9.47. The van der Waals surface area contributed by atoms with Crippen LogP contribution in [0.2, 0.25) is 0 Å². The maximum atomic E-state index is 9.55. The maximum Gasteiger partial charge on any atom is 0.106 e. The Kier molecular flexibility index (Phi) is 9.00. The monoisotopic (exact) mass is 220 g/mol. The predicted octanol–water partition coefficient (Wildman–Crippen LogP) is 0.422. The lowest BCUT2D eigenvalue weighted by Crippen LogP contribution is -2.37. The van der Waals surface area contributed by atoms with Crippen LogP contribution in [0.3, 0.4) is 0 Å². The van der Waals surface area contributed by atoms with Gasteiger partial charge in [0.1, 0.15) is 6.10 Å². The first-order chi connectivity index (χ1) is 7.13. The molecule has 4 N–H and O–H groups in total. The van der Waals surface area contributed by atoms with Crippen LogP contribution in [0.15, 0.2) is 0 Å². The molecule has 0 bridgehead atoms. The highest BCUT2D eigenvalue weighted by Crippen LogP contribution is 2.12. The van der Waals surface area contributed by atoms with E-state index in [1.165, 1.54) is 0 Å². The van der Waals surface area contributed by atoms with Crippen molar-refractivity contribution < 1.29 is 20.4 Å². The molecule has 4 nitrogen and oxygen atoms in total. The maximum absolute atomic E-state index is 9.55. The Morgan fingerprint density at radius 3 is 1.87 bits per heavy atom. The van der Waals surface area contributed by atoms with Crippen LogP contribution in [0.1, 0.15) is 45.4 Å². The molecule has 0 spiro atoms. The minimum absolute atomic E-state index is 0.0984. The van der Waals surface area contributed by atoms with E-state index >= 15 is 0 Å². The molecule has 3 unspecified atom stereocenters. The second-order valence-corrected chi connectivity index (χ2v) is 3.99. The lowest BCUT2D eigenvalue weighted by atomic mass is 9.99. The Morgan fingerprint density at radius 2 is 1.40 bits per heavy atom. The topological polar surface area (TPSA) is 80.9 Å². The minimum atomic E-state index is -1.06. The van der Waals surface area contributed by atoms with Gasteiger partial charge in [0.05, 0.1) is 12.2 Å². The van der Waals surface area contributed by atoms with E-state index in [-0.39, 0.29) is 6.61 Å². The van der Waals surface area contributed by atoms with Gasteiger partial charge in [0.25, 0.3) is 0 Å². The van der Waals surface area contributed by atoms with Crippen molar-refractivity contribution in [1.82, 2.24) is 0 Å². The van der Waals surface area contributed by atoms with Gasteiger partial charge in [-0.25, -0.2) is 0 Å². The zero-order valence-electron chi connectivity index (χ0n) is 9.47. The van der Waals surface area contributed by atoms with E-state index in [1.54, 1.807) is 0 Å². The van der Waals surface area contributed by atoms with Gasteiger partial charge in [0, 0.05) is 6.61 Å². The van der Waals surface area contributed by atoms with Crippen molar-refractivity contribution >= 4 is 0 Å². The number of unbranched alkanes of at least 4 members (excludes halogenated alkanes) is 2. The minimum Gasteiger partial charge on any atom is -0.396 e. The van der Waals surface area contributed by atoms with E-state index in [0.29, 0.717) is 25.7 Å². The molecule has 0 saturated heterocycles. The Balaban J connectivity index is 3.69. The Hall–Kier alpha value is -0.160. The molecule has 0 aliphatic heterocycles. The number of aliphatic hydroxyl groups is 4. The molecule has 0 amide bonds. The molecule has 0 rings (SSSR count). The van der Waals surface area contributed by atoms with Crippen LogP contribution in [0.5, 0.6) is 0 Å². The fourth-order valence-corrected chi connectivity index (χ4v) is 1.48. The third-order valence-corrected chi connectivity index (χ3v) is 2.55. The Morgan fingerprint density at radius 1 is 0.867 bits per heavy atom. The van der Waals surface area contributed by atoms with Gasteiger partial charge in [-0.3, -0.25) is 0 Å². The predicted molar refractivity (Wildman–Crippen MR) is 58.5 cm³/mol. The highest BCUT2D eigenvalue weighted by atomic mass is 16.4. The molecular formula is C11H24O4. The summed E-state index contributed by atoms with van der Waals surface area (Å²) in [4.78, 5) is 0. The second-order valence-electron chi connectivity index (χ2n) is 3.99. The average Bonchev–Trinajstić information content (AvgIpc) is 2.24. The Labute approximate surface area is 91.6 Å². The van der Waals surface area contributed by atoms with Crippen molar-refractivity contribution in [1.29, 1.82) is 0 Å². The van der Waals surface area contributed by atoms with Crippen LogP contribution >= 0.6 is 0 Å². The smallest absolute Gasteiger partial charge is 0.106 e. The van der Waals surface area contributed by atoms with Gasteiger partial charge in [0.2, 0.25) is 0 Å². The summed E-state index contributed by atoms with van der Waals surface area (Å²) >= 11 is 0. The summed E-state index contributed by atoms with van der Waals surface area (Å²) in [6.45, 7) is 2.11. The standard InChI is InChI=1S/C11H24O4/c1-2-3-6-9(13)11(15)10(14)7-4-5-8-12/h9-15H,2-8H2,1H3. The number of hydrogen-bond donors (Lipinski definition) is 4. The second kappa shape index (κ2) is 9.09. The van der Waals surface area contributed by atoms with Crippen LogP contribution in [0.4, 0.5) is 0 Å². The molecule has 4 heteroatoms. The molecule has 0 aromatic rings. The van der Waals surface area contributed by atoms with Crippen molar-refractivity contribution in [2.45, 2.75) is 63.8 Å². The van der Waals surface area contributed by atoms with Crippen LogP contribution in [-0.4, -0.2) is 45.3 Å². The normalized spacial score (nSPS) is 17.4. The first-order valence-electron chi connectivity index (χ1n) is 5.78.